The molecule has 2 aliphatic rings. The lowest BCUT2D eigenvalue weighted by Gasteiger charge is -2.26. The molecule has 0 N–H and O–H groups in total. The Balaban J connectivity index is 1.34. The van der Waals surface area contributed by atoms with Crippen molar-refractivity contribution in [3.8, 4) is 22.8 Å². The van der Waals surface area contributed by atoms with Gasteiger partial charge in [0.25, 0.3) is 5.91 Å². The average molecular weight is 467 g/mol. The van der Waals surface area contributed by atoms with Gasteiger partial charge in [-0.3, -0.25) is 14.5 Å². The molecule has 1 amide bonds. The zero-order chi connectivity index (χ0) is 23.6. The highest BCUT2D eigenvalue weighted by atomic mass is 16.6. The van der Waals surface area contributed by atoms with E-state index >= 15 is 0 Å². The van der Waals surface area contributed by atoms with Gasteiger partial charge in [-0.1, -0.05) is 36.4 Å². The molecule has 2 aromatic carbocycles. The third-order valence-corrected chi connectivity index (χ3v) is 6.58. The predicted molar refractivity (Wildman–Crippen MR) is 131 cm³/mol. The molecule has 7 nitrogen and oxygen atoms in total. The lowest BCUT2D eigenvalue weighted by atomic mass is 10.0. The number of fused-ring (bicyclic) bond motifs is 1. The second kappa shape index (κ2) is 9.25. The number of carbonyl (C=O) groups excluding carboxylic acids is 1. The monoisotopic (exact) mass is 466 g/mol. The van der Waals surface area contributed by atoms with Gasteiger partial charge < -0.3 is 14.4 Å². The summed E-state index contributed by atoms with van der Waals surface area (Å²) in [5.41, 5.74) is 4.28. The van der Waals surface area contributed by atoms with Crippen LogP contribution in [0.3, 0.4) is 0 Å². The van der Waals surface area contributed by atoms with E-state index in [0.717, 1.165) is 41.0 Å². The minimum absolute atomic E-state index is 0.0134. The molecule has 0 radical (unpaired) electrons. The molecule has 4 aromatic rings. The topological polar surface area (TPSA) is 69.5 Å². The van der Waals surface area contributed by atoms with Crippen molar-refractivity contribution in [2.75, 3.05) is 19.8 Å². The number of carbonyl (C=O) groups is 1. The Morgan fingerprint density at radius 1 is 1.00 bits per heavy atom. The van der Waals surface area contributed by atoms with Crippen LogP contribution in [-0.2, 0) is 6.54 Å². The van der Waals surface area contributed by atoms with Gasteiger partial charge in [-0.2, -0.15) is 5.10 Å². The van der Waals surface area contributed by atoms with Crippen LogP contribution in [0.15, 0.2) is 79.3 Å². The highest BCUT2D eigenvalue weighted by Crippen LogP contribution is 2.39. The van der Waals surface area contributed by atoms with Crippen molar-refractivity contribution in [1.82, 2.24) is 19.7 Å². The molecule has 4 heterocycles. The van der Waals surface area contributed by atoms with E-state index in [0.29, 0.717) is 37.6 Å². The van der Waals surface area contributed by atoms with Crippen LogP contribution in [0, 0.1) is 0 Å². The molecule has 35 heavy (non-hydrogen) atoms. The van der Waals surface area contributed by atoms with Gasteiger partial charge in [-0.05, 0) is 48.2 Å². The van der Waals surface area contributed by atoms with Crippen LogP contribution in [0.1, 0.15) is 40.4 Å². The van der Waals surface area contributed by atoms with Crippen LogP contribution in [0.4, 0.5) is 0 Å². The molecule has 6 rings (SSSR count). The summed E-state index contributed by atoms with van der Waals surface area (Å²) in [7, 11) is 0. The molecule has 0 spiro atoms. The molecule has 1 atom stereocenters. The number of nitrogens with zero attached hydrogens (tertiary/aromatic N) is 4. The smallest absolute Gasteiger partial charge is 0.258 e. The molecule has 0 saturated carbocycles. The maximum atomic E-state index is 14.0. The number of hydrogen-bond donors (Lipinski definition) is 0. The minimum atomic E-state index is -0.0162. The second-order valence-corrected chi connectivity index (χ2v) is 8.88. The van der Waals surface area contributed by atoms with Gasteiger partial charge in [0.1, 0.15) is 18.9 Å². The number of pyridine rings is 1. The first-order chi connectivity index (χ1) is 17.3. The van der Waals surface area contributed by atoms with Crippen molar-refractivity contribution in [3.05, 3.63) is 95.9 Å². The van der Waals surface area contributed by atoms with Crippen molar-refractivity contribution < 1.29 is 14.3 Å². The lowest BCUT2D eigenvalue weighted by Crippen LogP contribution is -2.30. The number of rotatable bonds is 5. The molecule has 0 aliphatic carbocycles. The Kier molecular flexibility index (Phi) is 5.66. The van der Waals surface area contributed by atoms with Crippen molar-refractivity contribution in [3.63, 3.8) is 0 Å². The Hall–Kier alpha value is -4.13. The van der Waals surface area contributed by atoms with Gasteiger partial charge in [0.2, 0.25) is 0 Å². The summed E-state index contributed by atoms with van der Waals surface area (Å²) >= 11 is 0. The predicted octanol–water partition coefficient (Wildman–Crippen LogP) is 4.74. The Bertz CT molecular complexity index is 1340. The summed E-state index contributed by atoms with van der Waals surface area (Å²) in [6, 6.07) is 19.9. The van der Waals surface area contributed by atoms with Gasteiger partial charge >= 0.3 is 0 Å². The molecule has 176 valence electrons. The van der Waals surface area contributed by atoms with E-state index in [1.54, 1.807) is 12.4 Å². The summed E-state index contributed by atoms with van der Waals surface area (Å²) in [6.45, 7) is 2.39. The number of hydrogen-bond acceptors (Lipinski definition) is 5. The highest BCUT2D eigenvalue weighted by Gasteiger charge is 2.33. The first-order valence-corrected chi connectivity index (χ1v) is 12.0. The Morgan fingerprint density at radius 3 is 2.69 bits per heavy atom. The van der Waals surface area contributed by atoms with Crippen molar-refractivity contribution in [2.24, 2.45) is 0 Å². The highest BCUT2D eigenvalue weighted by molar-refractivity contribution is 6.00. The van der Waals surface area contributed by atoms with E-state index in [4.69, 9.17) is 14.6 Å². The van der Waals surface area contributed by atoms with E-state index in [1.807, 2.05) is 64.3 Å². The summed E-state index contributed by atoms with van der Waals surface area (Å²) < 4.78 is 13.3. The van der Waals surface area contributed by atoms with Crippen LogP contribution in [0.5, 0.6) is 11.5 Å². The molecule has 2 aliphatic heterocycles. The van der Waals surface area contributed by atoms with Gasteiger partial charge in [-0.15, -0.1) is 0 Å². The van der Waals surface area contributed by atoms with Crippen LogP contribution in [-0.4, -0.2) is 45.3 Å². The molecular formula is C28H26N4O3. The molecule has 0 unspecified atom stereocenters. The number of likely N-dealkylation sites (tertiary alicyclic amines) is 1. The number of aromatic nitrogens is 3. The zero-order valence-electron chi connectivity index (χ0n) is 19.3. The fourth-order valence-electron chi connectivity index (χ4n) is 4.92. The standard InChI is InChI=1S/C28H26N4O3/c33-28(32-13-5-9-24(32)21-10-11-25-26(16-21)35-15-14-34-25)23-19-31(18-20-6-2-1-3-7-20)30-27(23)22-8-4-12-29-17-22/h1-4,6-8,10-12,16-17,19,24H,5,9,13-15,18H2/t24-/m0/s1. The van der Waals surface area contributed by atoms with E-state index < -0.39 is 0 Å². The third-order valence-electron chi connectivity index (χ3n) is 6.58. The fraction of sp³-hybridized carbons (Fsp3) is 0.250. The summed E-state index contributed by atoms with van der Waals surface area (Å²) in [6.07, 6.45) is 7.21. The second-order valence-electron chi connectivity index (χ2n) is 8.88. The maximum absolute atomic E-state index is 14.0. The summed E-state index contributed by atoms with van der Waals surface area (Å²) in [4.78, 5) is 20.2. The van der Waals surface area contributed by atoms with E-state index in [1.165, 1.54) is 0 Å². The molecule has 2 aromatic heterocycles. The minimum Gasteiger partial charge on any atom is -0.486 e. The van der Waals surface area contributed by atoms with Crippen molar-refractivity contribution in [2.45, 2.75) is 25.4 Å². The van der Waals surface area contributed by atoms with Crippen LogP contribution < -0.4 is 9.47 Å². The summed E-state index contributed by atoms with van der Waals surface area (Å²) in [5, 5.41) is 4.82. The first-order valence-electron chi connectivity index (χ1n) is 12.0. The van der Waals surface area contributed by atoms with Gasteiger partial charge in [-0.25, -0.2) is 0 Å². The van der Waals surface area contributed by atoms with E-state index in [-0.39, 0.29) is 11.9 Å². The third kappa shape index (κ3) is 4.25. The maximum Gasteiger partial charge on any atom is 0.258 e. The molecule has 0 bridgehead atoms. The first kappa shape index (κ1) is 21.4. The van der Waals surface area contributed by atoms with Crippen LogP contribution in [0.2, 0.25) is 0 Å². The molecule has 7 heteroatoms. The van der Waals surface area contributed by atoms with E-state index in [2.05, 4.69) is 17.1 Å². The number of amides is 1. The van der Waals surface area contributed by atoms with E-state index in [9.17, 15) is 4.79 Å². The summed E-state index contributed by atoms with van der Waals surface area (Å²) in [5.74, 6) is 1.50. The van der Waals surface area contributed by atoms with Gasteiger partial charge in [0.05, 0.1) is 18.2 Å². The molecule has 1 fully saturated rings. The number of ether oxygens (including phenoxy) is 2. The van der Waals surface area contributed by atoms with Crippen molar-refractivity contribution in [1.29, 1.82) is 0 Å². The zero-order valence-corrected chi connectivity index (χ0v) is 19.3. The SMILES string of the molecule is O=C(c1cn(Cc2ccccc2)nc1-c1cccnc1)N1CCC[C@H]1c1ccc2c(c1)OCCO2. The van der Waals surface area contributed by atoms with Gasteiger partial charge in [0.15, 0.2) is 11.5 Å². The average Bonchev–Trinajstić information content (AvgIpc) is 3.57. The lowest BCUT2D eigenvalue weighted by molar-refractivity contribution is 0.0736. The number of benzene rings is 2. The Morgan fingerprint density at radius 2 is 1.86 bits per heavy atom. The van der Waals surface area contributed by atoms with Crippen LogP contribution >= 0.6 is 0 Å². The van der Waals surface area contributed by atoms with Gasteiger partial charge in [0, 0.05) is 30.7 Å². The normalized spacial score (nSPS) is 16.9. The quantitative estimate of drug-likeness (QED) is 0.425. The largest absolute Gasteiger partial charge is 0.486 e. The van der Waals surface area contributed by atoms with Crippen LogP contribution in [0.25, 0.3) is 11.3 Å². The Labute approximate surface area is 203 Å². The van der Waals surface area contributed by atoms with Crippen molar-refractivity contribution >= 4 is 5.91 Å². The fourth-order valence-corrected chi connectivity index (χ4v) is 4.92. The molecule has 1 saturated heterocycles. The molecular weight excluding hydrogens is 440 g/mol.